The summed E-state index contributed by atoms with van der Waals surface area (Å²) in [5.41, 5.74) is -2.99. The summed E-state index contributed by atoms with van der Waals surface area (Å²) in [4.78, 5) is 0. The van der Waals surface area contributed by atoms with Gasteiger partial charge in [0.15, 0.2) is 9.49 Å². The van der Waals surface area contributed by atoms with E-state index in [9.17, 15) is 57.4 Å². The molecule has 10 nitrogen and oxygen atoms in total. The quantitative estimate of drug-likeness (QED) is 0.0275. The highest BCUT2D eigenvalue weighted by molar-refractivity contribution is 7.94. The van der Waals surface area contributed by atoms with E-state index in [0.29, 0.717) is 19.1 Å². The van der Waals surface area contributed by atoms with Crippen LogP contribution in [-0.2, 0) is 48.5 Å². The molecule has 0 aliphatic rings. The highest BCUT2D eigenvalue weighted by atomic mass is 32.2. The second-order valence-electron chi connectivity index (χ2n) is 20.1. The van der Waals surface area contributed by atoms with Crippen molar-refractivity contribution in [3.8, 4) is 0 Å². The van der Waals surface area contributed by atoms with Crippen molar-refractivity contribution in [3.63, 3.8) is 0 Å². The van der Waals surface area contributed by atoms with Gasteiger partial charge in [0, 0.05) is 6.26 Å². The fourth-order valence-electron chi connectivity index (χ4n) is 9.19. The number of unbranched alkanes of at least 4 members (excludes halogenated alkanes) is 6. The molecule has 6 aromatic carbocycles. The van der Waals surface area contributed by atoms with Gasteiger partial charge in [-0.25, -0.2) is 25.3 Å². The van der Waals surface area contributed by atoms with Crippen molar-refractivity contribution < 1.29 is 75.7 Å². The SMILES string of the molecule is CCCCCCC(O)COCC(F)(F)S(=O)(=O)C(c1ccccc1)(c1ccccc1)c1ccc(C)cc1.CCCCCCC(O)COCC(F)(F)S(C)(=O)=O.Cc1ccc(C(c2ccccc2)(c2ccccc2)S(=O)(=O)C(F)(F)F)cc1. The zero-order valence-corrected chi connectivity index (χ0v) is 49.2. The molecule has 0 radical (unpaired) electrons. The van der Waals surface area contributed by atoms with Crippen molar-refractivity contribution in [2.24, 2.45) is 0 Å². The summed E-state index contributed by atoms with van der Waals surface area (Å²) in [6.45, 7) is 4.58. The first-order valence-electron chi connectivity index (χ1n) is 27.0. The van der Waals surface area contributed by atoms with E-state index in [1.807, 2.05) is 6.92 Å². The number of ether oxygens (including phenoxy) is 2. The van der Waals surface area contributed by atoms with E-state index in [1.54, 1.807) is 116 Å². The first-order valence-corrected chi connectivity index (χ1v) is 31.8. The molecule has 2 unspecified atom stereocenters. The lowest BCUT2D eigenvalue weighted by Crippen LogP contribution is -2.49. The average Bonchev–Trinajstić information content (AvgIpc) is 1.19. The van der Waals surface area contributed by atoms with E-state index in [-0.39, 0.29) is 46.6 Å². The van der Waals surface area contributed by atoms with Crippen LogP contribution in [0.3, 0.4) is 0 Å². The van der Waals surface area contributed by atoms with Crippen molar-refractivity contribution in [1.82, 2.24) is 0 Å². The first kappa shape index (κ1) is 69.0. The Kier molecular flexibility index (Phi) is 26.0. The van der Waals surface area contributed by atoms with Crippen molar-refractivity contribution in [2.75, 3.05) is 32.7 Å². The molecule has 0 spiro atoms. The highest BCUT2D eigenvalue weighted by Crippen LogP contribution is 2.51. The lowest BCUT2D eigenvalue weighted by atomic mass is 9.84. The molecule has 20 heteroatoms. The summed E-state index contributed by atoms with van der Waals surface area (Å²) in [5, 5.41) is 11.4. The highest BCUT2D eigenvalue weighted by Gasteiger charge is 2.63. The van der Waals surface area contributed by atoms with Crippen molar-refractivity contribution in [3.05, 3.63) is 214 Å². The molecular weight excluding hydrogens is 1130 g/mol. The molecule has 2 N–H and O–H groups in total. The molecule has 0 aliphatic carbocycles. The number of hydrogen-bond acceptors (Lipinski definition) is 10. The van der Waals surface area contributed by atoms with Crippen LogP contribution in [0.1, 0.15) is 123 Å². The number of alkyl halides is 7. The van der Waals surface area contributed by atoms with Crippen LogP contribution in [0.4, 0.5) is 30.7 Å². The van der Waals surface area contributed by atoms with Gasteiger partial charge in [-0.1, -0.05) is 246 Å². The lowest BCUT2D eigenvalue weighted by Gasteiger charge is -2.38. The van der Waals surface area contributed by atoms with E-state index >= 15 is 8.78 Å². The molecule has 0 aliphatic heterocycles. The molecular formula is C62H75F7O10S3. The zero-order valence-electron chi connectivity index (χ0n) is 46.8. The van der Waals surface area contributed by atoms with Crippen LogP contribution in [0.25, 0.3) is 0 Å². The summed E-state index contributed by atoms with van der Waals surface area (Å²) in [7, 11) is -15.4. The molecule has 2 atom stereocenters. The van der Waals surface area contributed by atoms with Gasteiger partial charge in [0.25, 0.3) is 9.84 Å². The molecule has 82 heavy (non-hydrogen) atoms. The molecule has 0 saturated carbocycles. The van der Waals surface area contributed by atoms with Crippen LogP contribution in [0.5, 0.6) is 0 Å². The maximum absolute atomic E-state index is 15.8. The summed E-state index contributed by atoms with van der Waals surface area (Å²) >= 11 is 0. The molecule has 0 aromatic heterocycles. The average molecular weight is 1210 g/mol. The Labute approximate surface area is 479 Å². The third-order valence-electron chi connectivity index (χ3n) is 13.6. The van der Waals surface area contributed by atoms with Crippen LogP contribution >= 0.6 is 0 Å². The second-order valence-corrected chi connectivity index (χ2v) is 26.5. The predicted molar refractivity (Wildman–Crippen MR) is 308 cm³/mol. The van der Waals surface area contributed by atoms with Gasteiger partial charge in [-0.15, -0.1) is 0 Å². The molecule has 0 saturated heterocycles. The summed E-state index contributed by atoms with van der Waals surface area (Å²) < 4.78 is 180. The van der Waals surface area contributed by atoms with Crippen molar-refractivity contribution >= 4 is 29.5 Å². The Morgan fingerprint density at radius 1 is 0.402 bits per heavy atom. The summed E-state index contributed by atoms with van der Waals surface area (Å²) in [6, 6.07) is 44.0. The standard InChI is InChI=1S/C30H36F2O4S.C21H17F3O2S.C11H22F2O4S/c1-3-4-5-12-17-28(33)22-36-23-29(31,32)37(34,35)30(25-13-8-6-9-14-25,26-15-10-7-11-16-26)27-20-18-24(2)19-21-27;1-16-12-14-19(15-13-16)20(17-8-4-2-5-9-17,18-10-6-3-7-11-18)27(25,26)21(22,23)24;1-3-4-5-6-7-10(14)8-17-9-11(12,13)18(2,15)16/h6-11,13-16,18-21,28,33H,3-5,12,17,22-23H2,1-2H3;2-15H,1H3;10,14H,3-9H2,1-2H3. The predicted octanol–water partition coefficient (Wildman–Crippen LogP) is 13.8. The van der Waals surface area contributed by atoms with E-state index < -0.39 is 80.4 Å². The number of aliphatic hydroxyl groups excluding tert-OH is 2. The second kappa shape index (κ2) is 30.9. The lowest BCUT2D eigenvalue weighted by molar-refractivity contribution is -0.0452. The van der Waals surface area contributed by atoms with E-state index in [4.69, 9.17) is 4.74 Å². The fourth-order valence-corrected chi connectivity index (χ4v) is 13.2. The summed E-state index contributed by atoms with van der Waals surface area (Å²) in [6.07, 6.45) is 7.30. The third kappa shape index (κ3) is 17.1. The molecule has 0 heterocycles. The van der Waals surface area contributed by atoms with Gasteiger partial charge in [-0.05, 0) is 60.1 Å². The Morgan fingerprint density at radius 3 is 0.963 bits per heavy atom. The largest absolute Gasteiger partial charge is 0.498 e. The van der Waals surface area contributed by atoms with Crippen LogP contribution in [0.15, 0.2) is 170 Å². The minimum atomic E-state index is -5.67. The number of halogens is 7. The molecule has 450 valence electrons. The maximum atomic E-state index is 15.8. The number of aliphatic hydroxyl groups is 2. The van der Waals surface area contributed by atoms with Crippen LogP contribution in [0, 0.1) is 13.8 Å². The normalized spacial score (nSPS) is 13.5. The molecule has 6 aromatic rings. The van der Waals surface area contributed by atoms with Crippen LogP contribution in [0.2, 0.25) is 0 Å². The molecule has 0 bridgehead atoms. The van der Waals surface area contributed by atoms with E-state index in [1.165, 1.54) is 60.7 Å². The number of benzene rings is 6. The number of sulfone groups is 3. The van der Waals surface area contributed by atoms with Crippen molar-refractivity contribution in [1.29, 1.82) is 0 Å². The first-order chi connectivity index (χ1) is 38.6. The zero-order chi connectivity index (χ0) is 60.9. The number of aryl methyl sites for hydroxylation is 2. The third-order valence-corrected chi connectivity index (χ3v) is 19.4. The Bertz CT molecular complexity index is 3080. The monoisotopic (exact) mass is 1210 g/mol. The topological polar surface area (TPSA) is 161 Å². The minimum absolute atomic E-state index is 0.0392. The fraction of sp³-hybridized carbons (Fsp3) is 0.419. The Balaban J connectivity index is 0.000000282. The molecule has 0 amide bonds. The van der Waals surface area contributed by atoms with Gasteiger partial charge in [0.05, 0.1) is 25.4 Å². The molecule has 0 fully saturated rings. The maximum Gasteiger partial charge on any atom is 0.498 e. The van der Waals surface area contributed by atoms with Gasteiger partial charge < -0.3 is 19.7 Å². The van der Waals surface area contributed by atoms with Gasteiger partial charge in [-0.3, -0.25) is 0 Å². The Hall–Kier alpha value is -5.48. The molecule has 6 rings (SSSR count). The van der Waals surface area contributed by atoms with Crippen molar-refractivity contribution in [2.45, 2.75) is 130 Å². The van der Waals surface area contributed by atoms with Gasteiger partial charge in [-0.2, -0.15) is 30.7 Å². The number of hydrogen-bond donors (Lipinski definition) is 2. The van der Waals surface area contributed by atoms with Gasteiger partial charge in [0.1, 0.15) is 13.2 Å². The smallest absolute Gasteiger partial charge is 0.391 e. The van der Waals surface area contributed by atoms with Crippen LogP contribution < -0.4 is 0 Å². The minimum Gasteiger partial charge on any atom is -0.391 e. The van der Waals surface area contributed by atoms with E-state index in [0.717, 1.165) is 62.5 Å². The van der Waals surface area contributed by atoms with Gasteiger partial charge >= 0.3 is 16.0 Å². The van der Waals surface area contributed by atoms with E-state index in [2.05, 4.69) is 18.6 Å². The Morgan fingerprint density at radius 2 is 0.683 bits per heavy atom. The number of rotatable bonds is 28. The van der Waals surface area contributed by atoms with Crippen LogP contribution in [-0.4, -0.2) is 96.4 Å². The van der Waals surface area contributed by atoms with Gasteiger partial charge in [0.2, 0.25) is 19.7 Å². The summed E-state index contributed by atoms with van der Waals surface area (Å²) in [5.74, 6) is 0.